The number of aromatic nitrogens is 2. The van der Waals surface area contributed by atoms with Gasteiger partial charge in [0.25, 0.3) is 5.91 Å². The molecule has 3 rings (SSSR count). The Morgan fingerprint density at radius 1 is 1.29 bits per heavy atom. The molecule has 0 atom stereocenters. The van der Waals surface area contributed by atoms with E-state index >= 15 is 0 Å². The highest BCUT2D eigenvalue weighted by Crippen LogP contribution is 2.15. The Hall–Kier alpha value is -1.70. The zero-order chi connectivity index (χ0) is 16.8. The number of rotatable bonds is 6. The molecule has 24 heavy (non-hydrogen) atoms. The summed E-state index contributed by atoms with van der Waals surface area (Å²) in [5.74, 6) is -0.121. The molecule has 0 unspecified atom stereocenters. The molecule has 0 aliphatic carbocycles. The van der Waals surface area contributed by atoms with Crippen molar-refractivity contribution in [2.24, 2.45) is 0 Å². The van der Waals surface area contributed by atoms with E-state index in [1.807, 2.05) is 24.3 Å². The van der Waals surface area contributed by atoms with E-state index in [4.69, 9.17) is 0 Å². The SMILES string of the molecule is O=C(NCCCN1CCNCC1)c1ccn(-c2cccc(Br)c2)n1. The van der Waals surface area contributed by atoms with E-state index in [1.165, 1.54) is 0 Å². The zero-order valence-electron chi connectivity index (χ0n) is 13.5. The normalized spacial score (nSPS) is 15.4. The minimum absolute atomic E-state index is 0.121. The average molecular weight is 392 g/mol. The van der Waals surface area contributed by atoms with Crippen molar-refractivity contribution < 1.29 is 4.79 Å². The summed E-state index contributed by atoms with van der Waals surface area (Å²) in [4.78, 5) is 14.6. The van der Waals surface area contributed by atoms with Gasteiger partial charge in [-0.15, -0.1) is 0 Å². The Bertz CT molecular complexity index is 681. The van der Waals surface area contributed by atoms with Gasteiger partial charge in [0, 0.05) is 43.4 Å². The monoisotopic (exact) mass is 391 g/mol. The molecule has 1 aromatic carbocycles. The highest BCUT2D eigenvalue weighted by Gasteiger charge is 2.11. The second-order valence-corrected chi connectivity index (χ2v) is 6.74. The van der Waals surface area contributed by atoms with Gasteiger partial charge in [-0.1, -0.05) is 22.0 Å². The van der Waals surface area contributed by atoms with Crippen LogP contribution in [-0.2, 0) is 0 Å². The summed E-state index contributed by atoms with van der Waals surface area (Å²) in [6, 6.07) is 9.55. The van der Waals surface area contributed by atoms with Crippen molar-refractivity contribution in [2.75, 3.05) is 39.3 Å². The highest BCUT2D eigenvalue weighted by molar-refractivity contribution is 9.10. The lowest BCUT2D eigenvalue weighted by atomic mass is 10.3. The standard InChI is InChI=1S/C17H22BrN5O/c18-14-3-1-4-15(13-14)23-10-5-16(21-23)17(24)20-6-2-9-22-11-7-19-8-12-22/h1,3-5,10,13,19H,2,6-9,11-12H2,(H,20,24). The van der Waals surface area contributed by atoms with Crippen LogP contribution in [0.2, 0.25) is 0 Å². The first-order chi connectivity index (χ1) is 11.7. The molecule has 6 nitrogen and oxygen atoms in total. The van der Waals surface area contributed by atoms with Crippen molar-refractivity contribution >= 4 is 21.8 Å². The minimum Gasteiger partial charge on any atom is -0.351 e. The molecular formula is C17H22BrN5O. The first-order valence-corrected chi connectivity index (χ1v) is 9.04. The fourth-order valence-corrected chi connectivity index (χ4v) is 3.12. The number of nitrogens with zero attached hydrogens (tertiary/aromatic N) is 3. The van der Waals surface area contributed by atoms with Gasteiger partial charge >= 0.3 is 0 Å². The molecule has 1 saturated heterocycles. The number of hydrogen-bond acceptors (Lipinski definition) is 4. The summed E-state index contributed by atoms with van der Waals surface area (Å²) >= 11 is 3.44. The highest BCUT2D eigenvalue weighted by atomic mass is 79.9. The molecule has 2 N–H and O–H groups in total. The van der Waals surface area contributed by atoms with Crippen LogP contribution in [0.1, 0.15) is 16.9 Å². The minimum atomic E-state index is -0.121. The molecule has 2 heterocycles. The van der Waals surface area contributed by atoms with Crippen LogP contribution in [0.5, 0.6) is 0 Å². The molecule has 1 aliphatic rings. The molecule has 1 aliphatic heterocycles. The fraction of sp³-hybridized carbons (Fsp3) is 0.412. The van der Waals surface area contributed by atoms with E-state index in [-0.39, 0.29) is 5.91 Å². The summed E-state index contributed by atoms with van der Waals surface area (Å²) in [6.45, 7) is 5.98. The third-order valence-electron chi connectivity index (χ3n) is 4.04. The number of hydrogen-bond donors (Lipinski definition) is 2. The zero-order valence-corrected chi connectivity index (χ0v) is 15.1. The summed E-state index contributed by atoms with van der Waals surface area (Å²) in [5, 5.41) is 10.6. The lowest BCUT2D eigenvalue weighted by molar-refractivity contribution is 0.0946. The maximum Gasteiger partial charge on any atom is 0.271 e. The quantitative estimate of drug-likeness (QED) is 0.735. The predicted molar refractivity (Wildman–Crippen MR) is 97.5 cm³/mol. The number of benzene rings is 1. The number of halogens is 1. The number of piperazine rings is 1. The van der Waals surface area contributed by atoms with E-state index in [0.29, 0.717) is 12.2 Å². The molecule has 0 spiro atoms. The van der Waals surface area contributed by atoms with Crippen molar-refractivity contribution in [1.82, 2.24) is 25.3 Å². The Morgan fingerprint density at radius 3 is 2.92 bits per heavy atom. The first-order valence-electron chi connectivity index (χ1n) is 8.25. The van der Waals surface area contributed by atoms with Gasteiger partial charge in [-0.05, 0) is 37.2 Å². The average Bonchev–Trinajstić information content (AvgIpc) is 3.10. The fourth-order valence-electron chi connectivity index (χ4n) is 2.74. The van der Waals surface area contributed by atoms with Crippen LogP contribution >= 0.6 is 15.9 Å². The molecule has 0 bridgehead atoms. The van der Waals surface area contributed by atoms with Gasteiger partial charge in [-0.2, -0.15) is 5.10 Å². The van der Waals surface area contributed by atoms with Crippen molar-refractivity contribution in [3.05, 3.63) is 46.7 Å². The summed E-state index contributed by atoms with van der Waals surface area (Å²) in [5.41, 5.74) is 1.36. The summed E-state index contributed by atoms with van der Waals surface area (Å²) < 4.78 is 2.69. The van der Waals surface area contributed by atoms with Gasteiger partial charge in [0.15, 0.2) is 5.69 Å². The molecule has 0 saturated carbocycles. The number of nitrogens with one attached hydrogen (secondary N) is 2. The lowest BCUT2D eigenvalue weighted by Crippen LogP contribution is -2.44. The Labute approximate surface area is 150 Å². The van der Waals surface area contributed by atoms with Crippen molar-refractivity contribution in [1.29, 1.82) is 0 Å². The maximum atomic E-state index is 12.2. The Balaban J connectivity index is 1.47. The van der Waals surface area contributed by atoms with Gasteiger partial charge in [-0.3, -0.25) is 4.79 Å². The summed E-state index contributed by atoms with van der Waals surface area (Å²) in [7, 11) is 0. The molecule has 1 fully saturated rings. The van der Waals surface area contributed by atoms with Gasteiger partial charge in [0.1, 0.15) is 0 Å². The topological polar surface area (TPSA) is 62.2 Å². The molecule has 1 amide bonds. The third kappa shape index (κ3) is 4.66. The van der Waals surface area contributed by atoms with Crippen molar-refractivity contribution in [2.45, 2.75) is 6.42 Å². The van der Waals surface area contributed by atoms with Crippen LogP contribution in [0.4, 0.5) is 0 Å². The van der Waals surface area contributed by atoms with E-state index in [9.17, 15) is 4.79 Å². The van der Waals surface area contributed by atoms with E-state index in [1.54, 1.807) is 16.9 Å². The van der Waals surface area contributed by atoms with Crippen LogP contribution < -0.4 is 10.6 Å². The lowest BCUT2D eigenvalue weighted by Gasteiger charge is -2.26. The van der Waals surface area contributed by atoms with Crippen LogP contribution in [0.15, 0.2) is 41.0 Å². The van der Waals surface area contributed by atoms with Gasteiger partial charge in [0.2, 0.25) is 0 Å². The molecule has 0 radical (unpaired) electrons. The molecule has 2 aromatic rings. The van der Waals surface area contributed by atoms with Gasteiger partial charge in [0.05, 0.1) is 5.69 Å². The molecule has 128 valence electrons. The van der Waals surface area contributed by atoms with E-state index < -0.39 is 0 Å². The van der Waals surface area contributed by atoms with Gasteiger partial charge < -0.3 is 15.5 Å². The first kappa shape index (κ1) is 17.1. The Kier molecular flexibility index (Phi) is 6.01. The van der Waals surface area contributed by atoms with Crippen LogP contribution in [0, 0.1) is 0 Å². The van der Waals surface area contributed by atoms with Crippen LogP contribution in [-0.4, -0.2) is 59.9 Å². The smallest absolute Gasteiger partial charge is 0.271 e. The third-order valence-corrected chi connectivity index (χ3v) is 4.53. The summed E-state index contributed by atoms with van der Waals surface area (Å²) in [6.07, 6.45) is 2.76. The van der Waals surface area contributed by atoms with Crippen molar-refractivity contribution in [3.63, 3.8) is 0 Å². The molecule has 1 aromatic heterocycles. The maximum absolute atomic E-state index is 12.2. The Morgan fingerprint density at radius 2 is 2.12 bits per heavy atom. The number of carbonyl (C=O) groups is 1. The van der Waals surface area contributed by atoms with E-state index in [2.05, 4.69) is 36.6 Å². The largest absolute Gasteiger partial charge is 0.351 e. The van der Waals surface area contributed by atoms with E-state index in [0.717, 1.165) is 49.3 Å². The number of amides is 1. The predicted octanol–water partition coefficient (Wildman–Crippen LogP) is 1.66. The second kappa shape index (κ2) is 8.41. The second-order valence-electron chi connectivity index (χ2n) is 5.83. The van der Waals surface area contributed by atoms with Crippen LogP contribution in [0.25, 0.3) is 5.69 Å². The van der Waals surface area contributed by atoms with Crippen LogP contribution in [0.3, 0.4) is 0 Å². The molecule has 7 heteroatoms. The van der Waals surface area contributed by atoms with Crippen molar-refractivity contribution in [3.8, 4) is 5.69 Å². The molecular weight excluding hydrogens is 370 g/mol. The van der Waals surface area contributed by atoms with Gasteiger partial charge in [-0.25, -0.2) is 4.68 Å². The number of carbonyl (C=O) groups excluding carboxylic acids is 1.